The van der Waals surface area contributed by atoms with Gasteiger partial charge in [0, 0.05) is 6.04 Å². The lowest BCUT2D eigenvalue weighted by atomic mass is 9.91. The zero-order chi connectivity index (χ0) is 14.9. The van der Waals surface area contributed by atoms with Crippen molar-refractivity contribution >= 4 is 11.6 Å². The topological polar surface area (TPSA) is 26.0 Å². The second-order valence-electron chi connectivity index (χ2n) is 5.37. The molecule has 0 heterocycles. The van der Waals surface area contributed by atoms with Gasteiger partial charge in [0.25, 0.3) is 0 Å². The molecule has 1 nitrogen and oxygen atoms in total. The van der Waals surface area contributed by atoms with Crippen LogP contribution in [0.3, 0.4) is 0 Å². The number of hydrogen-bond acceptors (Lipinski definition) is 1. The quantitative estimate of drug-likeness (QED) is 0.875. The van der Waals surface area contributed by atoms with Gasteiger partial charge in [-0.25, -0.2) is 4.39 Å². The number of aryl methyl sites for hydroxylation is 3. The van der Waals surface area contributed by atoms with Crippen LogP contribution in [-0.4, -0.2) is 0 Å². The lowest BCUT2D eigenvalue weighted by Crippen LogP contribution is -2.16. The zero-order valence-electron chi connectivity index (χ0n) is 12.0. The summed E-state index contributed by atoms with van der Waals surface area (Å²) in [6.45, 7) is 6.21. The van der Waals surface area contributed by atoms with Gasteiger partial charge in [-0.05, 0) is 61.6 Å². The van der Waals surface area contributed by atoms with E-state index in [1.165, 1.54) is 22.8 Å². The van der Waals surface area contributed by atoms with Crippen molar-refractivity contribution in [2.45, 2.75) is 33.2 Å². The van der Waals surface area contributed by atoms with Gasteiger partial charge in [-0.15, -0.1) is 0 Å². The Morgan fingerprint density at radius 3 is 2.25 bits per heavy atom. The minimum atomic E-state index is -0.395. The lowest BCUT2D eigenvalue weighted by Gasteiger charge is -2.18. The first-order valence-corrected chi connectivity index (χ1v) is 7.03. The van der Waals surface area contributed by atoms with E-state index >= 15 is 0 Å². The summed E-state index contributed by atoms with van der Waals surface area (Å²) in [6.07, 6.45) is 0.596. The van der Waals surface area contributed by atoms with Crippen molar-refractivity contribution in [1.29, 1.82) is 0 Å². The Bertz CT molecular complexity index is 614. The van der Waals surface area contributed by atoms with Crippen molar-refractivity contribution in [3.8, 4) is 0 Å². The predicted molar refractivity (Wildman–Crippen MR) is 82.7 cm³/mol. The van der Waals surface area contributed by atoms with Crippen LogP contribution in [0, 0.1) is 26.6 Å². The summed E-state index contributed by atoms with van der Waals surface area (Å²) >= 11 is 5.70. The molecule has 2 N–H and O–H groups in total. The molecule has 2 aromatic rings. The number of rotatable bonds is 3. The highest BCUT2D eigenvalue weighted by Crippen LogP contribution is 2.26. The fraction of sp³-hybridized carbons (Fsp3) is 0.294. The van der Waals surface area contributed by atoms with Crippen LogP contribution in [-0.2, 0) is 6.42 Å². The molecule has 1 unspecified atom stereocenters. The van der Waals surface area contributed by atoms with Crippen LogP contribution in [0.5, 0.6) is 0 Å². The van der Waals surface area contributed by atoms with Gasteiger partial charge in [0.1, 0.15) is 5.82 Å². The number of nitrogens with two attached hydrogens (primary N) is 1. The smallest absolute Gasteiger partial charge is 0.142 e. The average molecular weight is 292 g/mol. The Labute approximate surface area is 124 Å². The van der Waals surface area contributed by atoms with Gasteiger partial charge < -0.3 is 5.73 Å². The molecule has 2 rings (SSSR count). The molecule has 0 amide bonds. The third-order valence-corrected chi connectivity index (χ3v) is 3.85. The summed E-state index contributed by atoms with van der Waals surface area (Å²) < 4.78 is 13.5. The molecular formula is C17H19ClFN. The maximum Gasteiger partial charge on any atom is 0.142 e. The first kappa shape index (κ1) is 15.0. The molecular weight excluding hydrogens is 273 g/mol. The third kappa shape index (κ3) is 3.20. The lowest BCUT2D eigenvalue weighted by molar-refractivity contribution is 0.622. The molecule has 0 aliphatic rings. The maximum absolute atomic E-state index is 13.5. The standard InChI is InChI=1S/C17H19ClFN/c1-10-6-11(2)17(12(3)7-10)16(20)9-13-4-5-14(18)15(19)8-13/h4-8,16H,9,20H2,1-3H3. The number of hydrogen-bond donors (Lipinski definition) is 1. The minimum absolute atomic E-state index is 0.142. The maximum atomic E-state index is 13.5. The second kappa shape index (κ2) is 5.94. The first-order chi connectivity index (χ1) is 9.38. The van der Waals surface area contributed by atoms with Crippen LogP contribution < -0.4 is 5.73 Å². The molecule has 0 bridgehead atoms. The van der Waals surface area contributed by atoms with Gasteiger partial charge in [0.05, 0.1) is 5.02 Å². The van der Waals surface area contributed by atoms with Crippen molar-refractivity contribution in [1.82, 2.24) is 0 Å². The Morgan fingerprint density at radius 2 is 1.70 bits per heavy atom. The fourth-order valence-corrected chi connectivity index (χ4v) is 2.92. The van der Waals surface area contributed by atoms with Crippen molar-refractivity contribution in [2.75, 3.05) is 0 Å². The molecule has 0 aromatic heterocycles. The first-order valence-electron chi connectivity index (χ1n) is 6.65. The zero-order valence-corrected chi connectivity index (χ0v) is 12.8. The summed E-state index contributed by atoms with van der Waals surface area (Å²) in [5.41, 5.74) is 11.9. The van der Waals surface area contributed by atoms with Crippen LogP contribution in [0.15, 0.2) is 30.3 Å². The normalized spacial score (nSPS) is 12.5. The molecule has 2 aromatic carbocycles. The van der Waals surface area contributed by atoms with E-state index in [2.05, 4.69) is 32.9 Å². The molecule has 3 heteroatoms. The molecule has 20 heavy (non-hydrogen) atoms. The van der Waals surface area contributed by atoms with E-state index in [0.29, 0.717) is 6.42 Å². The highest BCUT2D eigenvalue weighted by molar-refractivity contribution is 6.30. The van der Waals surface area contributed by atoms with Crippen LogP contribution >= 0.6 is 11.6 Å². The predicted octanol–water partition coefficient (Wildman–Crippen LogP) is 4.65. The summed E-state index contributed by atoms with van der Waals surface area (Å²) in [6, 6.07) is 8.98. The van der Waals surface area contributed by atoms with Gasteiger partial charge in [-0.3, -0.25) is 0 Å². The molecule has 0 aliphatic heterocycles. The van der Waals surface area contributed by atoms with E-state index in [1.807, 2.05) is 6.07 Å². The van der Waals surface area contributed by atoms with Crippen LogP contribution in [0.4, 0.5) is 4.39 Å². The Morgan fingerprint density at radius 1 is 1.10 bits per heavy atom. The van der Waals surface area contributed by atoms with Gasteiger partial charge in [0.15, 0.2) is 0 Å². The van der Waals surface area contributed by atoms with E-state index in [-0.39, 0.29) is 11.1 Å². The molecule has 0 fully saturated rings. The summed E-state index contributed by atoms with van der Waals surface area (Å²) in [5.74, 6) is -0.395. The molecule has 0 spiro atoms. The molecule has 0 aliphatic carbocycles. The van der Waals surface area contributed by atoms with E-state index in [0.717, 1.165) is 11.1 Å². The minimum Gasteiger partial charge on any atom is -0.324 e. The highest BCUT2D eigenvalue weighted by atomic mass is 35.5. The van der Waals surface area contributed by atoms with E-state index in [9.17, 15) is 4.39 Å². The molecule has 1 atom stereocenters. The van der Waals surface area contributed by atoms with E-state index in [4.69, 9.17) is 17.3 Å². The molecule has 0 radical (unpaired) electrons. The van der Waals surface area contributed by atoms with Gasteiger partial charge in [-0.1, -0.05) is 35.4 Å². The Kier molecular flexibility index (Phi) is 4.46. The average Bonchev–Trinajstić information content (AvgIpc) is 2.32. The van der Waals surface area contributed by atoms with Gasteiger partial charge in [-0.2, -0.15) is 0 Å². The number of benzene rings is 2. The summed E-state index contributed by atoms with van der Waals surface area (Å²) in [4.78, 5) is 0. The highest BCUT2D eigenvalue weighted by Gasteiger charge is 2.14. The van der Waals surface area contributed by atoms with E-state index < -0.39 is 5.82 Å². The Hall–Kier alpha value is -1.38. The third-order valence-electron chi connectivity index (χ3n) is 3.55. The molecule has 0 saturated carbocycles. The van der Waals surface area contributed by atoms with Crippen molar-refractivity contribution in [3.05, 3.63) is 69.0 Å². The van der Waals surface area contributed by atoms with Crippen molar-refractivity contribution in [2.24, 2.45) is 5.73 Å². The number of halogens is 2. The van der Waals surface area contributed by atoms with Crippen molar-refractivity contribution < 1.29 is 4.39 Å². The molecule has 0 saturated heterocycles. The second-order valence-corrected chi connectivity index (χ2v) is 5.78. The van der Waals surface area contributed by atoms with Crippen LogP contribution in [0.2, 0.25) is 5.02 Å². The fourth-order valence-electron chi connectivity index (χ4n) is 2.80. The van der Waals surface area contributed by atoms with Crippen LogP contribution in [0.25, 0.3) is 0 Å². The summed E-state index contributed by atoms with van der Waals surface area (Å²) in [7, 11) is 0. The largest absolute Gasteiger partial charge is 0.324 e. The van der Waals surface area contributed by atoms with Crippen LogP contribution in [0.1, 0.15) is 33.9 Å². The Balaban J connectivity index is 2.28. The van der Waals surface area contributed by atoms with E-state index in [1.54, 1.807) is 6.07 Å². The molecule has 106 valence electrons. The van der Waals surface area contributed by atoms with Crippen molar-refractivity contribution in [3.63, 3.8) is 0 Å². The SMILES string of the molecule is Cc1cc(C)c(C(N)Cc2ccc(Cl)c(F)c2)c(C)c1. The van der Waals surface area contributed by atoms with Gasteiger partial charge >= 0.3 is 0 Å². The summed E-state index contributed by atoms with van der Waals surface area (Å²) in [5, 5.41) is 0.144. The monoisotopic (exact) mass is 291 g/mol. The van der Waals surface area contributed by atoms with Gasteiger partial charge in [0.2, 0.25) is 0 Å².